The normalized spacial score (nSPS) is 19.7. The summed E-state index contributed by atoms with van der Waals surface area (Å²) in [5.41, 5.74) is 1.14. The number of carbonyl (C=O) groups excluding carboxylic acids is 1. The van der Waals surface area contributed by atoms with Crippen LogP contribution in [-0.2, 0) is 11.3 Å². The molecule has 0 spiro atoms. The summed E-state index contributed by atoms with van der Waals surface area (Å²) in [6, 6.07) is 7.42. The summed E-state index contributed by atoms with van der Waals surface area (Å²) in [7, 11) is 0. The topological polar surface area (TPSA) is 67.2 Å². The van der Waals surface area contributed by atoms with Gasteiger partial charge in [-0.05, 0) is 44.4 Å². The average Bonchev–Trinajstić information content (AvgIpc) is 2.57. The maximum Gasteiger partial charge on any atom is 0.269 e. The number of hydrogen-bond acceptors (Lipinski definition) is 4. The Morgan fingerprint density at radius 3 is 3.00 bits per heavy atom. The molecule has 134 valence electrons. The number of para-hydroxylation sites is 2. The molecule has 0 saturated carbocycles. The van der Waals surface area contributed by atoms with Crippen LogP contribution in [0.4, 0.5) is 0 Å². The maximum atomic E-state index is 12.4. The molecule has 0 radical (unpaired) electrons. The molecule has 25 heavy (non-hydrogen) atoms. The Morgan fingerprint density at radius 1 is 1.40 bits per heavy atom. The van der Waals surface area contributed by atoms with Crippen LogP contribution >= 0.6 is 0 Å². The molecule has 1 amide bonds. The van der Waals surface area contributed by atoms with E-state index in [0.29, 0.717) is 11.0 Å². The first-order valence-electron chi connectivity index (χ1n) is 8.99. The highest BCUT2D eigenvalue weighted by molar-refractivity contribution is 5.80. The highest BCUT2D eigenvalue weighted by atomic mass is 16.2. The fourth-order valence-electron chi connectivity index (χ4n) is 3.63. The maximum absolute atomic E-state index is 12.4. The van der Waals surface area contributed by atoms with E-state index in [1.54, 1.807) is 0 Å². The summed E-state index contributed by atoms with van der Waals surface area (Å²) >= 11 is 0. The summed E-state index contributed by atoms with van der Waals surface area (Å²) in [5.74, 6) is 0.578. The molecule has 0 aliphatic carbocycles. The van der Waals surface area contributed by atoms with Crippen molar-refractivity contribution in [2.24, 2.45) is 5.92 Å². The summed E-state index contributed by atoms with van der Waals surface area (Å²) in [4.78, 5) is 31.1. The SMILES string of the molecule is C[C@@H]1CCCN(C[C@H](C)NC(=O)Cn2c(=O)cnc3ccccc32)C1. The predicted octanol–water partition coefficient (Wildman–Crippen LogP) is 1.63. The predicted molar refractivity (Wildman–Crippen MR) is 98.4 cm³/mol. The number of aromatic nitrogens is 2. The van der Waals surface area contributed by atoms with Crippen molar-refractivity contribution in [1.82, 2.24) is 19.8 Å². The van der Waals surface area contributed by atoms with Crippen LogP contribution in [0, 0.1) is 5.92 Å². The fourth-order valence-corrected chi connectivity index (χ4v) is 3.63. The average molecular weight is 342 g/mol. The van der Waals surface area contributed by atoms with Gasteiger partial charge in [-0.2, -0.15) is 0 Å². The molecule has 3 rings (SSSR count). The molecule has 1 aliphatic heterocycles. The molecule has 1 N–H and O–H groups in total. The molecule has 6 nitrogen and oxygen atoms in total. The van der Waals surface area contributed by atoms with Gasteiger partial charge in [0.1, 0.15) is 6.54 Å². The first-order chi connectivity index (χ1) is 12.0. The van der Waals surface area contributed by atoms with Crippen LogP contribution in [0.3, 0.4) is 0 Å². The zero-order valence-corrected chi connectivity index (χ0v) is 14.9. The Hall–Kier alpha value is -2.21. The van der Waals surface area contributed by atoms with Gasteiger partial charge < -0.3 is 10.2 Å². The molecule has 1 aromatic heterocycles. The van der Waals surface area contributed by atoms with E-state index >= 15 is 0 Å². The Labute approximate surface area is 147 Å². The number of rotatable bonds is 5. The first-order valence-corrected chi connectivity index (χ1v) is 8.99. The molecular weight excluding hydrogens is 316 g/mol. The van der Waals surface area contributed by atoms with E-state index < -0.39 is 0 Å². The van der Waals surface area contributed by atoms with Crippen molar-refractivity contribution in [1.29, 1.82) is 0 Å². The van der Waals surface area contributed by atoms with Crippen molar-refractivity contribution in [2.75, 3.05) is 19.6 Å². The summed E-state index contributed by atoms with van der Waals surface area (Å²) in [6.07, 6.45) is 3.78. The molecule has 6 heteroatoms. The number of nitrogens with zero attached hydrogens (tertiary/aromatic N) is 3. The standard InChI is InChI=1S/C19H26N4O2/c1-14-6-5-9-22(11-14)12-15(2)21-18(24)13-23-17-8-4-3-7-16(17)20-10-19(23)25/h3-4,7-8,10,14-15H,5-6,9,11-13H2,1-2H3,(H,21,24)/t14-,15+/m1/s1. The quantitative estimate of drug-likeness (QED) is 0.897. The molecule has 1 aromatic carbocycles. The van der Waals surface area contributed by atoms with Gasteiger partial charge >= 0.3 is 0 Å². The van der Waals surface area contributed by atoms with E-state index in [1.807, 2.05) is 31.2 Å². The van der Waals surface area contributed by atoms with E-state index in [0.717, 1.165) is 25.6 Å². The van der Waals surface area contributed by atoms with Crippen molar-refractivity contribution >= 4 is 16.9 Å². The van der Waals surface area contributed by atoms with Crippen molar-refractivity contribution in [3.05, 3.63) is 40.8 Å². The van der Waals surface area contributed by atoms with Gasteiger partial charge in [-0.25, -0.2) is 4.98 Å². The minimum Gasteiger partial charge on any atom is -0.351 e. The first kappa shape index (κ1) is 17.6. The fraction of sp³-hybridized carbons (Fsp3) is 0.526. The lowest BCUT2D eigenvalue weighted by molar-refractivity contribution is -0.122. The zero-order chi connectivity index (χ0) is 17.8. The van der Waals surface area contributed by atoms with Crippen molar-refractivity contribution in [3.8, 4) is 0 Å². The number of nitrogens with one attached hydrogen (secondary N) is 1. The Kier molecular flexibility index (Phi) is 5.48. The largest absolute Gasteiger partial charge is 0.351 e. The van der Waals surface area contributed by atoms with E-state index in [9.17, 15) is 9.59 Å². The Balaban J connectivity index is 1.63. The lowest BCUT2D eigenvalue weighted by Crippen LogP contribution is -2.46. The van der Waals surface area contributed by atoms with Crippen LogP contribution in [0.25, 0.3) is 11.0 Å². The van der Waals surface area contributed by atoms with Crippen molar-refractivity contribution in [2.45, 2.75) is 39.3 Å². The van der Waals surface area contributed by atoms with Crippen molar-refractivity contribution in [3.63, 3.8) is 0 Å². The minimum absolute atomic E-state index is 0.0165. The van der Waals surface area contributed by atoms with Gasteiger partial charge in [-0.1, -0.05) is 19.1 Å². The van der Waals surface area contributed by atoms with E-state index in [-0.39, 0.29) is 24.1 Å². The van der Waals surface area contributed by atoms with Gasteiger partial charge in [0.2, 0.25) is 5.91 Å². The molecule has 2 atom stereocenters. The lowest BCUT2D eigenvalue weighted by Gasteiger charge is -2.32. The highest BCUT2D eigenvalue weighted by Gasteiger charge is 2.19. The molecule has 2 heterocycles. The smallest absolute Gasteiger partial charge is 0.269 e. The molecule has 0 unspecified atom stereocenters. The molecule has 1 fully saturated rings. The molecule has 2 aromatic rings. The number of piperidine rings is 1. The second-order valence-electron chi connectivity index (χ2n) is 7.15. The molecular formula is C19H26N4O2. The number of carbonyl (C=O) groups is 1. The third-order valence-corrected chi connectivity index (χ3v) is 4.73. The van der Waals surface area contributed by atoms with Crippen LogP contribution in [0.5, 0.6) is 0 Å². The van der Waals surface area contributed by atoms with E-state index in [2.05, 4.69) is 22.1 Å². The number of fused-ring (bicyclic) bond motifs is 1. The van der Waals surface area contributed by atoms with E-state index in [1.165, 1.54) is 23.6 Å². The third-order valence-electron chi connectivity index (χ3n) is 4.73. The van der Waals surface area contributed by atoms with Gasteiger partial charge in [-0.3, -0.25) is 14.2 Å². The lowest BCUT2D eigenvalue weighted by atomic mass is 10.00. The molecule has 1 aliphatic rings. The number of hydrogen-bond donors (Lipinski definition) is 1. The zero-order valence-electron chi connectivity index (χ0n) is 14.9. The summed E-state index contributed by atoms with van der Waals surface area (Å²) < 4.78 is 1.48. The Morgan fingerprint density at radius 2 is 2.20 bits per heavy atom. The van der Waals surface area contributed by atoms with Crippen LogP contribution in [0.15, 0.2) is 35.3 Å². The molecule has 0 bridgehead atoms. The third kappa shape index (κ3) is 4.45. The van der Waals surface area contributed by atoms with E-state index in [4.69, 9.17) is 0 Å². The van der Waals surface area contributed by atoms with Gasteiger partial charge in [0, 0.05) is 19.1 Å². The Bertz CT molecular complexity index is 801. The van der Waals surface area contributed by atoms with Crippen LogP contribution in [-0.4, -0.2) is 46.0 Å². The monoisotopic (exact) mass is 342 g/mol. The van der Waals surface area contributed by atoms with Crippen LogP contribution in [0.2, 0.25) is 0 Å². The number of amides is 1. The minimum atomic E-state index is -0.258. The second kappa shape index (κ2) is 7.78. The van der Waals surface area contributed by atoms with Crippen LogP contribution in [0.1, 0.15) is 26.7 Å². The van der Waals surface area contributed by atoms with Gasteiger partial charge in [0.15, 0.2) is 0 Å². The number of likely N-dealkylation sites (tertiary alicyclic amines) is 1. The van der Waals surface area contributed by atoms with Crippen molar-refractivity contribution < 1.29 is 4.79 Å². The molecule has 1 saturated heterocycles. The summed E-state index contributed by atoms with van der Waals surface area (Å²) in [6.45, 7) is 7.35. The van der Waals surface area contributed by atoms with Gasteiger partial charge in [-0.15, -0.1) is 0 Å². The highest BCUT2D eigenvalue weighted by Crippen LogP contribution is 2.15. The number of benzene rings is 1. The summed E-state index contributed by atoms with van der Waals surface area (Å²) in [5, 5.41) is 3.02. The van der Waals surface area contributed by atoms with Gasteiger partial charge in [0.05, 0.1) is 17.2 Å². The second-order valence-corrected chi connectivity index (χ2v) is 7.15. The van der Waals surface area contributed by atoms with Gasteiger partial charge in [0.25, 0.3) is 5.56 Å². The van der Waals surface area contributed by atoms with Crippen LogP contribution < -0.4 is 10.9 Å².